The normalized spacial score (nSPS) is 14.8. The molecule has 0 aromatic heterocycles. The van der Waals surface area contributed by atoms with Crippen LogP contribution in [-0.2, 0) is 0 Å². The Morgan fingerprint density at radius 3 is 2.38 bits per heavy atom. The van der Waals surface area contributed by atoms with Gasteiger partial charge in [0.1, 0.15) is 0 Å². The van der Waals surface area contributed by atoms with Crippen LogP contribution in [0.4, 0.5) is 18.9 Å². The highest BCUT2D eigenvalue weighted by molar-refractivity contribution is 7.99. The average Bonchev–Trinajstić information content (AvgIpc) is 2.44. The molecule has 0 radical (unpaired) electrons. The summed E-state index contributed by atoms with van der Waals surface area (Å²) in [6, 6.07) is 7.54. The van der Waals surface area contributed by atoms with Crippen LogP contribution >= 0.6 is 11.8 Å². The van der Waals surface area contributed by atoms with Crippen LogP contribution in [0.5, 0.6) is 0 Å². The molecule has 0 spiro atoms. The van der Waals surface area contributed by atoms with E-state index < -0.39 is 11.9 Å². The number of thioether (sulfide) groups is 1. The molecule has 5 heteroatoms. The van der Waals surface area contributed by atoms with E-state index in [1.54, 1.807) is 12.1 Å². The van der Waals surface area contributed by atoms with Gasteiger partial charge < -0.3 is 5.32 Å². The van der Waals surface area contributed by atoms with E-state index in [9.17, 15) is 13.2 Å². The molecule has 1 N–H and O–H groups in total. The van der Waals surface area contributed by atoms with E-state index in [4.69, 9.17) is 0 Å². The Morgan fingerprint density at radius 2 is 1.81 bits per heavy atom. The van der Waals surface area contributed by atoms with E-state index in [1.807, 2.05) is 12.1 Å². The van der Waals surface area contributed by atoms with Crippen LogP contribution in [0.3, 0.4) is 0 Å². The van der Waals surface area contributed by atoms with Crippen molar-refractivity contribution in [3.05, 3.63) is 24.3 Å². The number of anilines is 1. The lowest BCUT2D eigenvalue weighted by atomic mass is 9.97. The van der Waals surface area contributed by atoms with Crippen molar-refractivity contribution in [1.29, 1.82) is 0 Å². The van der Waals surface area contributed by atoms with Crippen molar-refractivity contribution in [2.75, 3.05) is 11.1 Å². The summed E-state index contributed by atoms with van der Waals surface area (Å²) in [6.07, 6.45) is -1.03. The van der Waals surface area contributed by atoms with E-state index in [-0.39, 0.29) is 0 Å². The molecule has 2 atom stereocenters. The minimum atomic E-state index is -4.14. The first-order valence-corrected chi connectivity index (χ1v) is 8.39. The summed E-state index contributed by atoms with van der Waals surface area (Å²) in [4.78, 5) is 0.664. The fraction of sp³-hybridized carbons (Fsp3) is 0.625. The predicted molar refractivity (Wildman–Crippen MR) is 85.0 cm³/mol. The van der Waals surface area contributed by atoms with Gasteiger partial charge in [-0.25, -0.2) is 0 Å². The minimum Gasteiger partial charge on any atom is -0.381 e. The molecule has 0 aliphatic heterocycles. The molecule has 0 saturated heterocycles. The number of halogens is 3. The summed E-state index contributed by atoms with van der Waals surface area (Å²) >= 11 is 0.844. The number of hydrogen-bond donors (Lipinski definition) is 1. The third-order valence-electron chi connectivity index (χ3n) is 3.51. The molecule has 1 rings (SSSR count). The van der Waals surface area contributed by atoms with Crippen LogP contribution in [0, 0.1) is 5.92 Å². The molecule has 21 heavy (non-hydrogen) atoms. The second-order valence-electron chi connectivity index (χ2n) is 5.40. The van der Waals surface area contributed by atoms with Crippen molar-refractivity contribution >= 4 is 17.4 Å². The van der Waals surface area contributed by atoms with Crippen molar-refractivity contribution < 1.29 is 13.2 Å². The Hall–Kier alpha value is -0.840. The Labute approximate surface area is 129 Å². The number of nitrogens with one attached hydrogen (secondary N) is 1. The maximum absolute atomic E-state index is 12.4. The van der Waals surface area contributed by atoms with Gasteiger partial charge in [-0.3, -0.25) is 0 Å². The van der Waals surface area contributed by atoms with E-state index in [2.05, 4.69) is 26.1 Å². The van der Waals surface area contributed by atoms with Gasteiger partial charge in [0.2, 0.25) is 0 Å². The van der Waals surface area contributed by atoms with E-state index in [0.29, 0.717) is 16.9 Å². The quantitative estimate of drug-likeness (QED) is 0.593. The summed E-state index contributed by atoms with van der Waals surface area (Å²) in [6.45, 7) is 6.46. The molecule has 0 aliphatic carbocycles. The molecule has 120 valence electrons. The molecule has 2 unspecified atom stereocenters. The second kappa shape index (κ2) is 8.57. The van der Waals surface area contributed by atoms with Gasteiger partial charge in [-0.05, 0) is 30.9 Å². The molecular weight excluding hydrogens is 295 g/mol. The van der Waals surface area contributed by atoms with E-state index in [0.717, 1.165) is 36.7 Å². The molecular formula is C16H24F3NS. The lowest BCUT2D eigenvalue weighted by Crippen LogP contribution is -2.21. The number of para-hydroxylation sites is 1. The summed E-state index contributed by atoms with van der Waals surface area (Å²) in [5, 5.41) is 3.41. The predicted octanol–water partition coefficient (Wildman–Crippen LogP) is 5.97. The van der Waals surface area contributed by atoms with Gasteiger partial charge in [-0.1, -0.05) is 39.3 Å². The van der Waals surface area contributed by atoms with Gasteiger partial charge in [0.15, 0.2) is 0 Å². The zero-order valence-electron chi connectivity index (χ0n) is 12.8. The molecule has 0 amide bonds. The molecule has 0 fully saturated rings. The molecule has 0 saturated carbocycles. The van der Waals surface area contributed by atoms with Crippen molar-refractivity contribution in [2.45, 2.75) is 57.1 Å². The topological polar surface area (TPSA) is 12.0 Å². The van der Waals surface area contributed by atoms with Crippen LogP contribution in [-0.4, -0.2) is 18.0 Å². The molecule has 1 aromatic rings. The average molecular weight is 319 g/mol. The maximum atomic E-state index is 12.4. The standard InChI is InChI=1S/C16H24F3NS/c1-4-12(3)10-13(5-2)20-14-8-6-7-9-15(14)21-11-16(17,18)19/h6-9,12-13,20H,4-5,10-11H2,1-3H3. The van der Waals surface area contributed by atoms with Gasteiger partial charge in [0.25, 0.3) is 0 Å². The highest BCUT2D eigenvalue weighted by atomic mass is 32.2. The Kier molecular flexibility index (Phi) is 7.43. The van der Waals surface area contributed by atoms with Crippen LogP contribution in [0.25, 0.3) is 0 Å². The Balaban J connectivity index is 2.73. The fourth-order valence-corrected chi connectivity index (χ4v) is 2.85. The number of alkyl halides is 3. The summed E-state index contributed by atoms with van der Waals surface area (Å²) in [5.74, 6) is -0.245. The van der Waals surface area contributed by atoms with Gasteiger partial charge in [-0.15, -0.1) is 11.8 Å². The second-order valence-corrected chi connectivity index (χ2v) is 6.42. The molecule has 0 bridgehead atoms. The first-order chi connectivity index (χ1) is 9.85. The minimum absolute atomic E-state index is 0.299. The molecule has 0 heterocycles. The van der Waals surface area contributed by atoms with Gasteiger partial charge in [0, 0.05) is 16.6 Å². The summed E-state index contributed by atoms with van der Waals surface area (Å²) in [5.41, 5.74) is 0.807. The third-order valence-corrected chi connectivity index (χ3v) is 4.65. The monoisotopic (exact) mass is 319 g/mol. The zero-order valence-corrected chi connectivity index (χ0v) is 13.7. The lowest BCUT2D eigenvalue weighted by Gasteiger charge is -2.23. The van der Waals surface area contributed by atoms with Crippen LogP contribution in [0.15, 0.2) is 29.2 Å². The van der Waals surface area contributed by atoms with E-state index in [1.165, 1.54) is 0 Å². The highest BCUT2D eigenvalue weighted by Gasteiger charge is 2.27. The zero-order chi connectivity index (χ0) is 15.9. The van der Waals surface area contributed by atoms with Crippen LogP contribution in [0.1, 0.15) is 40.0 Å². The van der Waals surface area contributed by atoms with Crippen LogP contribution in [0.2, 0.25) is 0 Å². The van der Waals surface area contributed by atoms with E-state index >= 15 is 0 Å². The Bertz CT molecular complexity index is 420. The first kappa shape index (κ1) is 18.2. The maximum Gasteiger partial charge on any atom is 0.398 e. The van der Waals surface area contributed by atoms with Gasteiger partial charge in [0.05, 0.1) is 5.75 Å². The van der Waals surface area contributed by atoms with Gasteiger partial charge >= 0.3 is 6.18 Å². The highest BCUT2D eigenvalue weighted by Crippen LogP contribution is 2.33. The van der Waals surface area contributed by atoms with Crippen molar-refractivity contribution in [1.82, 2.24) is 0 Å². The Morgan fingerprint density at radius 1 is 1.14 bits per heavy atom. The largest absolute Gasteiger partial charge is 0.398 e. The molecule has 1 aromatic carbocycles. The number of hydrogen-bond acceptors (Lipinski definition) is 2. The van der Waals surface area contributed by atoms with Crippen LogP contribution < -0.4 is 5.32 Å². The summed E-state index contributed by atoms with van der Waals surface area (Å²) < 4.78 is 37.1. The SMILES string of the molecule is CCC(C)CC(CC)Nc1ccccc1SCC(F)(F)F. The molecule has 1 nitrogen and oxygen atoms in total. The molecule has 0 aliphatic rings. The van der Waals surface area contributed by atoms with Crippen molar-refractivity contribution in [2.24, 2.45) is 5.92 Å². The lowest BCUT2D eigenvalue weighted by molar-refractivity contribution is -0.105. The number of benzene rings is 1. The summed E-state index contributed by atoms with van der Waals surface area (Å²) in [7, 11) is 0. The van der Waals surface area contributed by atoms with Crippen molar-refractivity contribution in [3.8, 4) is 0 Å². The third kappa shape index (κ3) is 7.11. The van der Waals surface area contributed by atoms with Gasteiger partial charge in [-0.2, -0.15) is 13.2 Å². The van der Waals surface area contributed by atoms with Crippen molar-refractivity contribution in [3.63, 3.8) is 0 Å². The smallest absolute Gasteiger partial charge is 0.381 e. The fourth-order valence-electron chi connectivity index (χ4n) is 2.07. The first-order valence-electron chi connectivity index (χ1n) is 7.40. The number of rotatable bonds is 8.